The van der Waals surface area contributed by atoms with Crippen LogP contribution < -0.4 is 0 Å². The summed E-state index contributed by atoms with van der Waals surface area (Å²) in [6.07, 6.45) is 9.65. The fourth-order valence-electron chi connectivity index (χ4n) is 2.92. The number of thioether (sulfide) groups is 1. The van der Waals surface area contributed by atoms with Gasteiger partial charge in [-0.1, -0.05) is 26.2 Å². The summed E-state index contributed by atoms with van der Waals surface area (Å²) in [4.78, 5) is 0. The number of unbranched alkanes of at least 4 members (excludes halogenated alkanes) is 1. The number of aliphatic hydroxyl groups is 1. The van der Waals surface area contributed by atoms with Gasteiger partial charge in [0.25, 0.3) is 0 Å². The second-order valence-corrected chi connectivity index (χ2v) is 6.65. The topological polar surface area (TPSA) is 20.2 Å². The first-order valence-electron chi connectivity index (χ1n) is 6.10. The first-order chi connectivity index (χ1) is 6.72. The Morgan fingerprint density at radius 3 is 2.50 bits per heavy atom. The maximum Gasteiger partial charge on any atom is 0.0668 e. The van der Waals surface area contributed by atoms with E-state index in [1.54, 1.807) is 0 Å². The van der Waals surface area contributed by atoms with Crippen molar-refractivity contribution < 1.29 is 5.11 Å². The second-order valence-electron chi connectivity index (χ2n) is 5.05. The molecule has 0 aromatic carbocycles. The molecule has 0 aromatic rings. The van der Waals surface area contributed by atoms with Gasteiger partial charge in [0, 0.05) is 10.5 Å². The van der Waals surface area contributed by atoms with Crippen LogP contribution in [0.4, 0.5) is 0 Å². The molecular weight excluding hydrogens is 192 g/mol. The van der Waals surface area contributed by atoms with Crippen LogP contribution in [0.1, 0.15) is 58.3 Å². The predicted octanol–water partition coefficient (Wildman–Crippen LogP) is 3.36. The lowest BCUT2D eigenvalue weighted by atomic mass is 9.82. The summed E-state index contributed by atoms with van der Waals surface area (Å²) in [5.74, 6) is 0. The maximum absolute atomic E-state index is 10.5. The highest BCUT2D eigenvalue weighted by Gasteiger charge is 2.40. The van der Waals surface area contributed by atoms with Crippen LogP contribution in [-0.2, 0) is 0 Å². The first kappa shape index (κ1) is 10.8. The first-order valence-corrected chi connectivity index (χ1v) is 7.04. The van der Waals surface area contributed by atoms with Crippen molar-refractivity contribution in [1.29, 1.82) is 0 Å². The van der Waals surface area contributed by atoms with E-state index in [2.05, 4.69) is 18.7 Å². The highest BCUT2D eigenvalue weighted by molar-refractivity contribution is 8.00. The molecule has 2 heterocycles. The molecule has 2 atom stereocenters. The second kappa shape index (κ2) is 4.44. The highest BCUT2D eigenvalue weighted by atomic mass is 32.2. The van der Waals surface area contributed by atoms with Gasteiger partial charge in [-0.2, -0.15) is 11.8 Å². The molecule has 0 saturated carbocycles. The normalized spacial score (nSPS) is 42.4. The molecule has 2 unspecified atom stereocenters. The number of fused-ring (bicyclic) bond motifs is 2. The van der Waals surface area contributed by atoms with Crippen LogP contribution >= 0.6 is 11.8 Å². The van der Waals surface area contributed by atoms with Crippen molar-refractivity contribution >= 4 is 11.8 Å². The van der Waals surface area contributed by atoms with E-state index >= 15 is 0 Å². The Morgan fingerprint density at radius 1 is 1.29 bits per heavy atom. The summed E-state index contributed by atoms with van der Waals surface area (Å²) in [5.41, 5.74) is -0.295. The van der Waals surface area contributed by atoms with E-state index < -0.39 is 0 Å². The molecule has 0 spiro atoms. The zero-order valence-electron chi connectivity index (χ0n) is 9.17. The molecule has 0 radical (unpaired) electrons. The van der Waals surface area contributed by atoms with Crippen molar-refractivity contribution in [3.63, 3.8) is 0 Å². The van der Waals surface area contributed by atoms with Gasteiger partial charge in [-0.05, 0) is 32.1 Å². The Morgan fingerprint density at radius 2 is 1.93 bits per heavy atom. The molecule has 2 rings (SSSR count). The lowest BCUT2D eigenvalue weighted by Crippen LogP contribution is -2.42. The summed E-state index contributed by atoms with van der Waals surface area (Å²) in [6.45, 7) is 2.21. The van der Waals surface area contributed by atoms with Gasteiger partial charge in [0.1, 0.15) is 0 Å². The van der Waals surface area contributed by atoms with Gasteiger partial charge in [0.05, 0.1) is 5.60 Å². The Bertz CT molecular complexity index is 181. The monoisotopic (exact) mass is 214 g/mol. The highest BCUT2D eigenvalue weighted by Crippen LogP contribution is 2.47. The molecule has 2 aliphatic heterocycles. The van der Waals surface area contributed by atoms with Gasteiger partial charge < -0.3 is 5.11 Å². The summed E-state index contributed by atoms with van der Waals surface area (Å²) in [6, 6.07) is 0. The minimum absolute atomic E-state index is 0.295. The minimum atomic E-state index is -0.295. The van der Waals surface area contributed by atoms with Crippen LogP contribution in [0, 0.1) is 0 Å². The molecular formula is C12H22OS. The Hall–Kier alpha value is 0.310. The fraction of sp³-hybridized carbons (Fsp3) is 1.00. The van der Waals surface area contributed by atoms with Crippen molar-refractivity contribution in [2.24, 2.45) is 0 Å². The van der Waals surface area contributed by atoms with Gasteiger partial charge in [-0.15, -0.1) is 0 Å². The maximum atomic E-state index is 10.5. The van der Waals surface area contributed by atoms with Crippen molar-refractivity contribution in [3.8, 4) is 0 Å². The van der Waals surface area contributed by atoms with Gasteiger partial charge in [-0.25, -0.2) is 0 Å². The quantitative estimate of drug-likeness (QED) is 0.777. The van der Waals surface area contributed by atoms with E-state index in [9.17, 15) is 5.11 Å². The Labute approximate surface area is 91.7 Å². The van der Waals surface area contributed by atoms with Crippen LogP contribution in [0.3, 0.4) is 0 Å². The molecule has 14 heavy (non-hydrogen) atoms. The van der Waals surface area contributed by atoms with Gasteiger partial charge >= 0.3 is 0 Å². The number of hydrogen-bond acceptors (Lipinski definition) is 2. The fourth-order valence-corrected chi connectivity index (χ4v) is 4.89. The summed E-state index contributed by atoms with van der Waals surface area (Å²) in [7, 11) is 0. The molecule has 0 aromatic heterocycles. The third-order valence-electron chi connectivity index (χ3n) is 3.65. The molecule has 1 nitrogen and oxygen atoms in total. The van der Waals surface area contributed by atoms with Crippen molar-refractivity contribution in [3.05, 3.63) is 0 Å². The molecule has 2 fully saturated rings. The largest absolute Gasteiger partial charge is 0.390 e. The average molecular weight is 214 g/mol. The number of hydrogen-bond donors (Lipinski definition) is 1. The van der Waals surface area contributed by atoms with Crippen molar-refractivity contribution in [2.75, 3.05) is 0 Å². The number of rotatable bonds is 3. The zero-order chi connectivity index (χ0) is 10.0. The van der Waals surface area contributed by atoms with E-state index in [1.165, 1.54) is 32.1 Å². The SMILES string of the molecule is CCCCC1(O)CC2CCCC(C1)S2. The minimum Gasteiger partial charge on any atom is -0.390 e. The third-order valence-corrected chi connectivity index (χ3v) is 5.22. The van der Waals surface area contributed by atoms with Gasteiger partial charge in [0.2, 0.25) is 0 Å². The van der Waals surface area contributed by atoms with Crippen molar-refractivity contribution in [2.45, 2.75) is 74.4 Å². The van der Waals surface area contributed by atoms with Crippen LogP contribution in [0.15, 0.2) is 0 Å². The van der Waals surface area contributed by atoms with Crippen LogP contribution in [0.25, 0.3) is 0 Å². The molecule has 2 heteroatoms. The predicted molar refractivity (Wildman–Crippen MR) is 62.7 cm³/mol. The van der Waals surface area contributed by atoms with E-state index in [0.29, 0.717) is 0 Å². The molecule has 0 amide bonds. The third kappa shape index (κ3) is 2.46. The van der Waals surface area contributed by atoms with E-state index in [1.807, 2.05) is 0 Å². The lowest BCUT2D eigenvalue weighted by molar-refractivity contribution is 0.00275. The van der Waals surface area contributed by atoms with Gasteiger partial charge in [0.15, 0.2) is 0 Å². The van der Waals surface area contributed by atoms with Crippen LogP contribution in [-0.4, -0.2) is 21.2 Å². The molecule has 2 bridgehead atoms. The average Bonchev–Trinajstić information content (AvgIpc) is 2.14. The lowest BCUT2D eigenvalue weighted by Gasteiger charge is -2.44. The van der Waals surface area contributed by atoms with E-state index in [-0.39, 0.29) is 5.60 Å². The Balaban J connectivity index is 1.93. The van der Waals surface area contributed by atoms with E-state index in [0.717, 1.165) is 29.8 Å². The molecule has 2 aliphatic rings. The molecule has 0 aliphatic carbocycles. The molecule has 82 valence electrons. The van der Waals surface area contributed by atoms with Crippen LogP contribution in [0.2, 0.25) is 0 Å². The molecule has 2 saturated heterocycles. The molecule has 1 N–H and O–H groups in total. The smallest absolute Gasteiger partial charge is 0.0668 e. The van der Waals surface area contributed by atoms with Crippen LogP contribution in [0.5, 0.6) is 0 Å². The van der Waals surface area contributed by atoms with E-state index in [4.69, 9.17) is 0 Å². The standard InChI is InChI=1S/C12H22OS/c1-2-3-7-12(13)8-10-5-4-6-11(9-12)14-10/h10-11,13H,2-9H2,1H3. The summed E-state index contributed by atoms with van der Waals surface area (Å²) < 4.78 is 0. The Kier molecular flexibility index (Phi) is 3.43. The van der Waals surface area contributed by atoms with Crippen molar-refractivity contribution in [1.82, 2.24) is 0 Å². The van der Waals surface area contributed by atoms with Gasteiger partial charge in [-0.3, -0.25) is 0 Å². The summed E-state index contributed by atoms with van der Waals surface area (Å²) in [5, 5.41) is 12.0. The zero-order valence-corrected chi connectivity index (χ0v) is 9.98. The summed E-state index contributed by atoms with van der Waals surface area (Å²) >= 11 is 2.15.